The van der Waals surface area contributed by atoms with E-state index in [1.54, 1.807) is 18.2 Å². The van der Waals surface area contributed by atoms with Crippen molar-refractivity contribution in [2.75, 3.05) is 55.1 Å². The molecule has 1 aromatic heterocycles. The highest BCUT2D eigenvalue weighted by Gasteiger charge is 2.34. The molecule has 2 aliphatic rings. The molecule has 0 bridgehead atoms. The van der Waals surface area contributed by atoms with Crippen molar-refractivity contribution in [1.82, 2.24) is 14.9 Å². The van der Waals surface area contributed by atoms with Gasteiger partial charge in [0.2, 0.25) is 11.9 Å². The lowest BCUT2D eigenvalue weighted by Crippen LogP contribution is -2.58. The van der Waals surface area contributed by atoms with Crippen LogP contribution in [0.25, 0.3) is 0 Å². The summed E-state index contributed by atoms with van der Waals surface area (Å²) in [5, 5.41) is 7.49. The van der Waals surface area contributed by atoms with Gasteiger partial charge in [0.1, 0.15) is 24.5 Å². The zero-order valence-electron chi connectivity index (χ0n) is 20.6. The number of nitrogens with zero attached hydrogens (tertiary/aromatic N) is 4. The minimum absolute atomic E-state index is 0.0521. The molecule has 1 amide bonds. The van der Waals surface area contributed by atoms with Crippen LogP contribution >= 0.6 is 18.7 Å². The van der Waals surface area contributed by atoms with Crippen LogP contribution in [-0.4, -0.2) is 66.4 Å². The second-order valence-electron chi connectivity index (χ2n) is 9.34. The maximum Gasteiger partial charge on any atom is 0.246 e. The summed E-state index contributed by atoms with van der Waals surface area (Å²) < 4.78 is 18.8. The molecule has 2 aromatic carbocycles. The minimum atomic E-state index is -2.51. The standard InChI is InChI=1S/C26H28ClN6O3P/c1-4-24(34)32-11-12-33-18(15-32)16-36-22-13-17(9-10-21(22)33)29-26-28-14-19(27)25(31-26)30-20-7-5-6-8-23(20)37(2,3)35/h4-10,13-14,18H,1,11-12,15-16H2,2-3H3,(H2,28,29,30,31)/t18-/m1/s1. The summed E-state index contributed by atoms with van der Waals surface area (Å²) in [5.41, 5.74) is 2.44. The van der Waals surface area contributed by atoms with Gasteiger partial charge in [-0.05, 0) is 43.7 Å². The van der Waals surface area contributed by atoms with Gasteiger partial charge in [-0.15, -0.1) is 0 Å². The Morgan fingerprint density at radius 1 is 1.22 bits per heavy atom. The van der Waals surface area contributed by atoms with E-state index in [0.29, 0.717) is 42.2 Å². The van der Waals surface area contributed by atoms with Crippen LogP contribution in [0.15, 0.2) is 61.3 Å². The van der Waals surface area contributed by atoms with Crippen LogP contribution in [0.1, 0.15) is 0 Å². The van der Waals surface area contributed by atoms with E-state index >= 15 is 0 Å². The Labute approximate surface area is 220 Å². The number of para-hydroxylation sites is 1. The Balaban J connectivity index is 1.33. The van der Waals surface area contributed by atoms with Gasteiger partial charge in [-0.1, -0.05) is 30.3 Å². The molecule has 0 aliphatic carbocycles. The minimum Gasteiger partial charge on any atom is -0.489 e. The Bertz CT molecular complexity index is 1410. The molecular formula is C26H28ClN6O3P. The van der Waals surface area contributed by atoms with E-state index in [1.165, 1.54) is 12.3 Å². The SMILES string of the molecule is C=CC(=O)N1CCN2c3ccc(Nc4ncc(Cl)c(Nc5ccccc5P(C)(C)=O)n4)cc3OC[C@H]2C1. The number of anilines is 5. The van der Waals surface area contributed by atoms with Crippen molar-refractivity contribution in [1.29, 1.82) is 0 Å². The third-order valence-corrected chi connectivity index (χ3v) is 8.23. The van der Waals surface area contributed by atoms with Crippen molar-refractivity contribution < 1.29 is 14.1 Å². The highest BCUT2D eigenvalue weighted by atomic mass is 35.5. The molecule has 0 unspecified atom stereocenters. The summed E-state index contributed by atoms with van der Waals surface area (Å²) in [6.45, 7) is 9.50. The van der Waals surface area contributed by atoms with Gasteiger partial charge in [-0.25, -0.2) is 4.98 Å². The molecule has 1 fully saturated rings. The Morgan fingerprint density at radius 3 is 2.81 bits per heavy atom. The number of carbonyl (C=O) groups excluding carboxylic acids is 1. The molecule has 9 nitrogen and oxygen atoms in total. The average Bonchev–Trinajstić information content (AvgIpc) is 2.89. The Morgan fingerprint density at radius 2 is 2.03 bits per heavy atom. The summed E-state index contributed by atoms with van der Waals surface area (Å²) in [5.74, 6) is 1.46. The largest absolute Gasteiger partial charge is 0.489 e. The maximum absolute atomic E-state index is 12.7. The molecule has 3 heterocycles. The predicted molar refractivity (Wildman–Crippen MR) is 149 cm³/mol. The van der Waals surface area contributed by atoms with Crippen molar-refractivity contribution in [2.24, 2.45) is 0 Å². The normalized spacial score (nSPS) is 16.8. The third-order valence-electron chi connectivity index (χ3n) is 6.41. The smallest absolute Gasteiger partial charge is 0.246 e. The number of halogens is 1. The van der Waals surface area contributed by atoms with Gasteiger partial charge in [-0.3, -0.25) is 4.79 Å². The number of hydrogen-bond acceptors (Lipinski definition) is 8. The zero-order valence-corrected chi connectivity index (χ0v) is 22.3. The number of piperazine rings is 1. The number of hydrogen-bond donors (Lipinski definition) is 2. The lowest BCUT2D eigenvalue weighted by atomic mass is 10.1. The first-order valence-electron chi connectivity index (χ1n) is 11.9. The van der Waals surface area contributed by atoms with Gasteiger partial charge in [0.05, 0.1) is 23.6 Å². The number of amides is 1. The van der Waals surface area contributed by atoms with Crippen molar-refractivity contribution in [3.8, 4) is 5.75 Å². The average molecular weight is 539 g/mol. The summed E-state index contributed by atoms with van der Waals surface area (Å²) in [4.78, 5) is 25.0. The van der Waals surface area contributed by atoms with E-state index in [1.807, 2.05) is 42.5 Å². The summed E-state index contributed by atoms with van der Waals surface area (Å²) >= 11 is 6.37. The van der Waals surface area contributed by atoms with Crippen LogP contribution < -0.4 is 25.6 Å². The van der Waals surface area contributed by atoms with E-state index in [-0.39, 0.29) is 11.9 Å². The molecule has 2 aliphatic heterocycles. The number of benzene rings is 2. The predicted octanol–water partition coefficient (Wildman–Crippen LogP) is 4.46. The van der Waals surface area contributed by atoms with Crippen LogP contribution in [0.4, 0.5) is 28.8 Å². The first kappa shape index (κ1) is 25.1. The molecule has 0 saturated carbocycles. The van der Waals surface area contributed by atoms with E-state index in [0.717, 1.165) is 29.0 Å². The van der Waals surface area contributed by atoms with E-state index in [2.05, 4.69) is 32.1 Å². The van der Waals surface area contributed by atoms with E-state index < -0.39 is 7.14 Å². The molecule has 37 heavy (non-hydrogen) atoms. The number of carbonyl (C=O) groups is 1. The van der Waals surface area contributed by atoms with Crippen LogP contribution in [-0.2, 0) is 9.36 Å². The molecule has 0 spiro atoms. The molecule has 3 aromatic rings. The topological polar surface area (TPSA) is 99.7 Å². The summed E-state index contributed by atoms with van der Waals surface area (Å²) in [6.07, 6.45) is 2.87. The second-order valence-corrected chi connectivity index (χ2v) is 12.9. The zero-order chi connectivity index (χ0) is 26.2. The molecular weight excluding hydrogens is 511 g/mol. The monoisotopic (exact) mass is 538 g/mol. The van der Waals surface area contributed by atoms with E-state index in [4.69, 9.17) is 16.3 Å². The fourth-order valence-corrected chi connectivity index (χ4v) is 5.89. The number of aromatic nitrogens is 2. The Hall–Kier alpha value is -3.55. The van der Waals surface area contributed by atoms with Crippen molar-refractivity contribution in [3.05, 3.63) is 66.3 Å². The first-order valence-corrected chi connectivity index (χ1v) is 14.9. The maximum atomic E-state index is 12.7. The van der Waals surface area contributed by atoms with Crippen LogP contribution in [0, 0.1) is 0 Å². The highest BCUT2D eigenvalue weighted by Crippen LogP contribution is 2.39. The second kappa shape index (κ2) is 10.1. The molecule has 5 rings (SSSR count). The van der Waals surface area contributed by atoms with Gasteiger partial charge >= 0.3 is 0 Å². The molecule has 192 valence electrons. The van der Waals surface area contributed by atoms with Crippen LogP contribution in [0.5, 0.6) is 5.75 Å². The number of rotatable bonds is 6. The molecule has 1 saturated heterocycles. The van der Waals surface area contributed by atoms with Gasteiger partial charge in [0.25, 0.3) is 0 Å². The molecule has 1 atom stereocenters. The first-order chi connectivity index (χ1) is 17.7. The van der Waals surface area contributed by atoms with Crippen molar-refractivity contribution in [3.63, 3.8) is 0 Å². The quantitative estimate of drug-likeness (QED) is 0.350. The summed E-state index contributed by atoms with van der Waals surface area (Å²) in [7, 11) is -2.51. The number of fused-ring (bicyclic) bond motifs is 3. The fraction of sp³-hybridized carbons (Fsp3) is 0.269. The van der Waals surface area contributed by atoms with Gasteiger partial charge in [0, 0.05) is 36.7 Å². The van der Waals surface area contributed by atoms with Crippen LogP contribution in [0.2, 0.25) is 5.02 Å². The fourth-order valence-electron chi connectivity index (χ4n) is 4.60. The number of nitrogens with one attached hydrogen (secondary N) is 2. The highest BCUT2D eigenvalue weighted by molar-refractivity contribution is 7.70. The van der Waals surface area contributed by atoms with Crippen LogP contribution in [0.3, 0.4) is 0 Å². The third kappa shape index (κ3) is 5.29. The molecule has 0 radical (unpaired) electrons. The van der Waals surface area contributed by atoms with E-state index in [9.17, 15) is 9.36 Å². The lowest BCUT2D eigenvalue weighted by Gasteiger charge is -2.45. The van der Waals surface area contributed by atoms with Gasteiger partial charge < -0.3 is 29.7 Å². The molecule has 11 heteroatoms. The van der Waals surface area contributed by atoms with Crippen molar-refractivity contribution >= 4 is 58.8 Å². The lowest BCUT2D eigenvalue weighted by molar-refractivity contribution is -0.127. The van der Waals surface area contributed by atoms with Gasteiger partial charge in [-0.2, -0.15) is 4.98 Å². The number of ether oxygens (including phenoxy) is 1. The molecule has 2 N–H and O–H groups in total. The summed E-state index contributed by atoms with van der Waals surface area (Å²) in [6, 6.07) is 13.4. The Kier molecular flexibility index (Phi) is 6.84. The van der Waals surface area contributed by atoms with Gasteiger partial charge in [0.15, 0.2) is 5.82 Å². The van der Waals surface area contributed by atoms with Crippen molar-refractivity contribution in [2.45, 2.75) is 6.04 Å².